The van der Waals surface area contributed by atoms with Crippen molar-refractivity contribution >= 4 is 29.1 Å². The number of halogens is 1. The van der Waals surface area contributed by atoms with Crippen molar-refractivity contribution in [2.24, 2.45) is 0 Å². The third-order valence-corrected chi connectivity index (χ3v) is 3.67. The third-order valence-electron chi connectivity index (χ3n) is 3.26. The lowest BCUT2D eigenvalue weighted by Gasteiger charge is -2.10. The first-order valence-electron chi connectivity index (χ1n) is 7.29. The van der Waals surface area contributed by atoms with Gasteiger partial charge in [-0.1, -0.05) is 37.4 Å². The van der Waals surface area contributed by atoms with E-state index in [1.54, 1.807) is 6.20 Å². The van der Waals surface area contributed by atoms with E-state index in [4.69, 9.17) is 11.6 Å². The van der Waals surface area contributed by atoms with Gasteiger partial charge in [0.25, 0.3) is 0 Å². The standard InChI is InChI=1S/C16H21ClN4/c1-3-4-5-10-18-15-9-11-19-16(21-15)20-14-8-6-7-13(17)12(14)2/h6-9,11H,3-5,10H2,1-2H3,(H2,18,19,20,21). The van der Waals surface area contributed by atoms with Crippen LogP contribution < -0.4 is 10.6 Å². The van der Waals surface area contributed by atoms with Crippen LogP contribution in [-0.2, 0) is 0 Å². The van der Waals surface area contributed by atoms with Crippen molar-refractivity contribution in [2.75, 3.05) is 17.2 Å². The van der Waals surface area contributed by atoms with Gasteiger partial charge in [0, 0.05) is 23.5 Å². The highest BCUT2D eigenvalue weighted by Crippen LogP contribution is 2.25. The van der Waals surface area contributed by atoms with Crippen LogP contribution in [0.1, 0.15) is 31.7 Å². The van der Waals surface area contributed by atoms with Gasteiger partial charge in [-0.2, -0.15) is 4.98 Å². The second kappa shape index (κ2) is 7.84. The fourth-order valence-corrected chi connectivity index (χ4v) is 2.15. The molecular formula is C16H21ClN4. The van der Waals surface area contributed by atoms with E-state index >= 15 is 0 Å². The SMILES string of the molecule is CCCCCNc1ccnc(Nc2cccc(Cl)c2C)n1. The summed E-state index contributed by atoms with van der Waals surface area (Å²) < 4.78 is 0. The summed E-state index contributed by atoms with van der Waals surface area (Å²) in [7, 11) is 0. The van der Waals surface area contributed by atoms with E-state index in [-0.39, 0.29) is 0 Å². The predicted octanol–water partition coefficient (Wildman–Crippen LogP) is 4.78. The zero-order valence-electron chi connectivity index (χ0n) is 12.5. The topological polar surface area (TPSA) is 49.8 Å². The van der Waals surface area contributed by atoms with Crippen molar-refractivity contribution in [3.63, 3.8) is 0 Å². The van der Waals surface area contributed by atoms with Gasteiger partial charge in [0.15, 0.2) is 0 Å². The number of unbranched alkanes of at least 4 members (excludes halogenated alkanes) is 2. The predicted molar refractivity (Wildman–Crippen MR) is 89.5 cm³/mol. The van der Waals surface area contributed by atoms with Crippen LogP contribution in [0.15, 0.2) is 30.5 Å². The Morgan fingerprint density at radius 1 is 1.19 bits per heavy atom. The minimum atomic E-state index is 0.570. The van der Waals surface area contributed by atoms with Gasteiger partial charge in [0.2, 0.25) is 5.95 Å². The van der Waals surface area contributed by atoms with Gasteiger partial charge < -0.3 is 10.6 Å². The van der Waals surface area contributed by atoms with Crippen LogP contribution in [0.2, 0.25) is 5.02 Å². The summed E-state index contributed by atoms with van der Waals surface area (Å²) in [4.78, 5) is 8.70. The summed E-state index contributed by atoms with van der Waals surface area (Å²) in [6.07, 6.45) is 5.34. The molecule has 2 aromatic rings. The lowest BCUT2D eigenvalue weighted by atomic mass is 10.2. The Hall–Kier alpha value is -1.81. The molecule has 1 heterocycles. The second-order valence-electron chi connectivity index (χ2n) is 4.94. The van der Waals surface area contributed by atoms with Crippen LogP contribution in [0.3, 0.4) is 0 Å². The van der Waals surface area contributed by atoms with Crippen LogP contribution in [-0.4, -0.2) is 16.5 Å². The molecule has 0 aliphatic heterocycles. The van der Waals surface area contributed by atoms with Gasteiger partial charge in [-0.3, -0.25) is 0 Å². The summed E-state index contributed by atoms with van der Waals surface area (Å²) in [5.41, 5.74) is 1.91. The highest BCUT2D eigenvalue weighted by Gasteiger charge is 2.04. The fourth-order valence-electron chi connectivity index (χ4n) is 1.97. The lowest BCUT2D eigenvalue weighted by molar-refractivity contribution is 0.742. The van der Waals surface area contributed by atoms with Crippen molar-refractivity contribution in [1.82, 2.24) is 9.97 Å². The van der Waals surface area contributed by atoms with Crippen molar-refractivity contribution in [3.8, 4) is 0 Å². The number of rotatable bonds is 7. The summed E-state index contributed by atoms with van der Waals surface area (Å²) in [6.45, 7) is 5.10. The monoisotopic (exact) mass is 304 g/mol. The number of aromatic nitrogens is 2. The maximum Gasteiger partial charge on any atom is 0.229 e. The van der Waals surface area contributed by atoms with E-state index in [0.29, 0.717) is 5.95 Å². The molecule has 0 aliphatic carbocycles. The van der Waals surface area contributed by atoms with Gasteiger partial charge in [-0.05, 0) is 37.1 Å². The van der Waals surface area contributed by atoms with E-state index in [2.05, 4.69) is 27.5 Å². The van der Waals surface area contributed by atoms with Crippen LogP contribution >= 0.6 is 11.6 Å². The molecule has 0 aliphatic rings. The number of nitrogens with one attached hydrogen (secondary N) is 2. The maximum absolute atomic E-state index is 6.12. The average molecular weight is 305 g/mol. The minimum absolute atomic E-state index is 0.570. The Kier molecular flexibility index (Phi) is 5.81. The highest BCUT2D eigenvalue weighted by atomic mass is 35.5. The maximum atomic E-state index is 6.12. The molecule has 0 spiro atoms. The Labute approximate surface area is 131 Å². The van der Waals surface area contributed by atoms with E-state index in [1.165, 1.54) is 12.8 Å². The zero-order chi connectivity index (χ0) is 15.1. The Morgan fingerprint density at radius 2 is 2.05 bits per heavy atom. The molecule has 1 aromatic carbocycles. The zero-order valence-corrected chi connectivity index (χ0v) is 13.2. The molecule has 0 radical (unpaired) electrons. The lowest BCUT2D eigenvalue weighted by Crippen LogP contribution is -2.05. The molecule has 0 saturated heterocycles. The van der Waals surface area contributed by atoms with Crippen LogP contribution in [0.4, 0.5) is 17.5 Å². The van der Waals surface area contributed by atoms with Gasteiger partial charge in [0.05, 0.1) is 0 Å². The Bertz CT molecular complexity index is 586. The second-order valence-corrected chi connectivity index (χ2v) is 5.34. The smallest absolute Gasteiger partial charge is 0.229 e. The molecule has 4 nitrogen and oxygen atoms in total. The van der Waals surface area contributed by atoms with Gasteiger partial charge >= 0.3 is 0 Å². The van der Waals surface area contributed by atoms with Crippen molar-refractivity contribution in [2.45, 2.75) is 33.1 Å². The molecule has 0 atom stereocenters. The van der Waals surface area contributed by atoms with E-state index < -0.39 is 0 Å². The summed E-state index contributed by atoms with van der Waals surface area (Å²) in [5.74, 6) is 1.41. The molecule has 5 heteroatoms. The number of hydrogen-bond acceptors (Lipinski definition) is 4. The highest BCUT2D eigenvalue weighted by molar-refractivity contribution is 6.31. The number of benzene rings is 1. The minimum Gasteiger partial charge on any atom is -0.370 e. The van der Waals surface area contributed by atoms with Crippen LogP contribution in [0.25, 0.3) is 0 Å². The first kappa shape index (κ1) is 15.6. The van der Waals surface area contributed by atoms with Crippen molar-refractivity contribution in [1.29, 1.82) is 0 Å². The summed E-state index contributed by atoms with van der Waals surface area (Å²) >= 11 is 6.12. The first-order valence-corrected chi connectivity index (χ1v) is 7.67. The number of nitrogens with zero attached hydrogens (tertiary/aromatic N) is 2. The fraction of sp³-hybridized carbons (Fsp3) is 0.375. The Balaban J connectivity index is 2.02. The van der Waals surface area contributed by atoms with Crippen molar-refractivity contribution < 1.29 is 0 Å². The van der Waals surface area contributed by atoms with Gasteiger partial charge in [-0.15, -0.1) is 0 Å². The summed E-state index contributed by atoms with van der Waals surface area (Å²) in [6, 6.07) is 7.62. The molecule has 0 bridgehead atoms. The Morgan fingerprint density at radius 3 is 2.86 bits per heavy atom. The van der Waals surface area contributed by atoms with Gasteiger partial charge in [0.1, 0.15) is 5.82 Å². The van der Waals surface area contributed by atoms with Crippen molar-refractivity contribution in [3.05, 3.63) is 41.0 Å². The normalized spacial score (nSPS) is 10.4. The molecule has 0 saturated carbocycles. The third kappa shape index (κ3) is 4.60. The van der Waals surface area contributed by atoms with Crippen LogP contribution in [0.5, 0.6) is 0 Å². The summed E-state index contributed by atoms with van der Waals surface area (Å²) in [5, 5.41) is 7.25. The van der Waals surface area contributed by atoms with E-state index in [9.17, 15) is 0 Å². The average Bonchev–Trinajstić information content (AvgIpc) is 2.49. The molecule has 112 valence electrons. The molecule has 0 amide bonds. The molecular weight excluding hydrogens is 284 g/mol. The van der Waals surface area contributed by atoms with Crippen LogP contribution in [0, 0.1) is 6.92 Å². The molecule has 21 heavy (non-hydrogen) atoms. The van der Waals surface area contributed by atoms with Gasteiger partial charge in [-0.25, -0.2) is 4.98 Å². The molecule has 1 aromatic heterocycles. The molecule has 0 fully saturated rings. The number of anilines is 3. The quantitative estimate of drug-likeness (QED) is 0.722. The first-order chi connectivity index (χ1) is 10.2. The van der Waals surface area contributed by atoms with E-state index in [1.807, 2.05) is 31.2 Å². The molecule has 0 unspecified atom stereocenters. The van der Waals surface area contributed by atoms with E-state index in [0.717, 1.165) is 35.1 Å². The number of hydrogen-bond donors (Lipinski definition) is 2. The molecule has 2 N–H and O–H groups in total. The molecule has 2 rings (SSSR count). The largest absolute Gasteiger partial charge is 0.370 e.